The fourth-order valence-electron chi connectivity index (χ4n) is 2.22. The van der Waals surface area contributed by atoms with Crippen molar-refractivity contribution in [1.82, 2.24) is 5.32 Å². The van der Waals surface area contributed by atoms with Gasteiger partial charge in [0.2, 0.25) is 0 Å². The predicted octanol–water partition coefficient (Wildman–Crippen LogP) is 0.826. The van der Waals surface area contributed by atoms with Crippen molar-refractivity contribution in [2.24, 2.45) is 5.92 Å². The van der Waals surface area contributed by atoms with Crippen molar-refractivity contribution in [2.45, 2.75) is 32.2 Å². The first-order valence-corrected chi connectivity index (χ1v) is 7.82. The molecule has 5 heteroatoms. The maximum absolute atomic E-state index is 11.3. The van der Waals surface area contributed by atoms with Crippen LogP contribution in [0.25, 0.3) is 0 Å². The lowest BCUT2D eigenvalue weighted by molar-refractivity contribution is 0.156. The van der Waals surface area contributed by atoms with Crippen molar-refractivity contribution >= 4 is 9.84 Å². The Balaban J connectivity index is 2.36. The summed E-state index contributed by atoms with van der Waals surface area (Å²) in [6.07, 6.45) is 2.81. The molecular formula is C11H23NO3S. The Labute approximate surface area is 98.7 Å². The molecule has 16 heavy (non-hydrogen) atoms. The van der Waals surface area contributed by atoms with Gasteiger partial charge < -0.3 is 10.1 Å². The minimum absolute atomic E-state index is 0.295. The maximum atomic E-state index is 11.3. The normalized spacial score (nSPS) is 25.8. The second-order valence-corrected chi connectivity index (χ2v) is 6.84. The molecule has 1 fully saturated rings. The highest BCUT2D eigenvalue weighted by Gasteiger charge is 2.29. The standard InChI is InChI=1S/C11H23NO3S/c1-3-5-12-11(8-15-2)7-10-4-6-16(13,14)9-10/h10-12H,3-9H2,1-2H3. The lowest BCUT2D eigenvalue weighted by Crippen LogP contribution is -2.35. The molecule has 4 nitrogen and oxygen atoms in total. The van der Waals surface area contributed by atoms with Gasteiger partial charge in [-0.05, 0) is 31.7 Å². The van der Waals surface area contributed by atoms with Crippen molar-refractivity contribution in [2.75, 3.05) is 31.8 Å². The van der Waals surface area contributed by atoms with E-state index in [0.717, 1.165) is 25.8 Å². The number of nitrogens with one attached hydrogen (secondary N) is 1. The minimum atomic E-state index is -2.75. The first-order chi connectivity index (χ1) is 7.57. The third-order valence-corrected chi connectivity index (χ3v) is 4.83. The van der Waals surface area contributed by atoms with E-state index in [0.29, 0.717) is 30.1 Å². The average Bonchev–Trinajstić information content (AvgIpc) is 2.55. The van der Waals surface area contributed by atoms with Crippen molar-refractivity contribution in [3.8, 4) is 0 Å². The first kappa shape index (κ1) is 13.9. The maximum Gasteiger partial charge on any atom is 0.150 e. The predicted molar refractivity (Wildman–Crippen MR) is 65.3 cm³/mol. The van der Waals surface area contributed by atoms with Gasteiger partial charge in [0.15, 0.2) is 9.84 Å². The van der Waals surface area contributed by atoms with Gasteiger partial charge in [0.25, 0.3) is 0 Å². The Hall–Kier alpha value is -0.130. The third-order valence-electron chi connectivity index (χ3n) is 3.00. The molecule has 0 aromatic rings. The van der Waals surface area contributed by atoms with Crippen LogP contribution >= 0.6 is 0 Å². The Morgan fingerprint density at radius 1 is 1.50 bits per heavy atom. The molecule has 1 rings (SSSR count). The van der Waals surface area contributed by atoms with Gasteiger partial charge in [0, 0.05) is 13.2 Å². The summed E-state index contributed by atoms with van der Waals surface area (Å²) in [5.74, 6) is 1.04. The average molecular weight is 249 g/mol. The topological polar surface area (TPSA) is 55.4 Å². The molecule has 0 aromatic carbocycles. The smallest absolute Gasteiger partial charge is 0.150 e. The molecule has 0 aromatic heterocycles. The van der Waals surface area contributed by atoms with E-state index in [1.807, 2.05) is 0 Å². The summed E-state index contributed by atoms with van der Waals surface area (Å²) in [4.78, 5) is 0. The van der Waals surface area contributed by atoms with Crippen LogP contribution in [0.5, 0.6) is 0 Å². The SMILES string of the molecule is CCCNC(COC)CC1CCS(=O)(=O)C1. The van der Waals surface area contributed by atoms with Gasteiger partial charge in [-0.1, -0.05) is 6.92 Å². The Kier molecular flexibility index (Phi) is 5.72. The van der Waals surface area contributed by atoms with Gasteiger partial charge in [0.1, 0.15) is 0 Å². The van der Waals surface area contributed by atoms with Crippen molar-refractivity contribution in [3.63, 3.8) is 0 Å². The largest absolute Gasteiger partial charge is 0.383 e. The van der Waals surface area contributed by atoms with Crippen molar-refractivity contribution in [3.05, 3.63) is 0 Å². The Morgan fingerprint density at radius 2 is 2.25 bits per heavy atom. The molecule has 96 valence electrons. The quantitative estimate of drug-likeness (QED) is 0.726. The van der Waals surface area contributed by atoms with Crippen LogP contribution in [0.3, 0.4) is 0 Å². The van der Waals surface area contributed by atoms with Crippen LogP contribution in [0, 0.1) is 5.92 Å². The first-order valence-electron chi connectivity index (χ1n) is 6.00. The molecule has 0 saturated carbocycles. The van der Waals surface area contributed by atoms with Crippen LogP contribution in [-0.4, -0.2) is 46.2 Å². The van der Waals surface area contributed by atoms with E-state index in [-0.39, 0.29) is 0 Å². The summed E-state index contributed by atoms with van der Waals surface area (Å²) in [7, 11) is -1.06. The van der Waals surface area contributed by atoms with E-state index in [1.54, 1.807) is 7.11 Å². The molecule has 2 unspecified atom stereocenters. The van der Waals surface area contributed by atoms with Crippen LogP contribution in [-0.2, 0) is 14.6 Å². The summed E-state index contributed by atoms with van der Waals surface area (Å²) >= 11 is 0. The number of sulfone groups is 1. The van der Waals surface area contributed by atoms with Crippen LogP contribution in [0.15, 0.2) is 0 Å². The van der Waals surface area contributed by atoms with E-state index in [9.17, 15) is 8.42 Å². The molecule has 1 aliphatic rings. The second kappa shape index (κ2) is 6.57. The molecule has 0 aliphatic carbocycles. The van der Waals surface area contributed by atoms with E-state index >= 15 is 0 Å². The molecule has 1 N–H and O–H groups in total. The van der Waals surface area contributed by atoms with E-state index in [2.05, 4.69) is 12.2 Å². The zero-order valence-electron chi connectivity index (χ0n) is 10.2. The minimum Gasteiger partial charge on any atom is -0.383 e. The van der Waals surface area contributed by atoms with Gasteiger partial charge in [-0.3, -0.25) is 0 Å². The summed E-state index contributed by atoms with van der Waals surface area (Å²) in [6.45, 7) is 3.75. The summed E-state index contributed by atoms with van der Waals surface area (Å²) < 4.78 is 27.8. The molecule has 0 amide bonds. The van der Waals surface area contributed by atoms with Crippen molar-refractivity contribution in [1.29, 1.82) is 0 Å². The molecule has 2 atom stereocenters. The Morgan fingerprint density at radius 3 is 2.75 bits per heavy atom. The molecule has 1 saturated heterocycles. The summed E-state index contributed by atoms with van der Waals surface area (Å²) in [6, 6.07) is 0.295. The number of rotatable bonds is 7. The number of hydrogen-bond acceptors (Lipinski definition) is 4. The van der Waals surface area contributed by atoms with Gasteiger partial charge in [-0.2, -0.15) is 0 Å². The van der Waals surface area contributed by atoms with Gasteiger partial charge in [0.05, 0.1) is 18.1 Å². The molecule has 1 heterocycles. The molecule has 0 spiro atoms. The number of methoxy groups -OCH3 is 1. The van der Waals surface area contributed by atoms with E-state index in [1.165, 1.54) is 0 Å². The van der Waals surface area contributed by atoms with Crippen LogP contribution in [0.2, 0.25) is 0 Å². The lowest BCUT2D eigenvalue weighted by atomic mass is 10.00. The molecule has 0 bridgehead atoms. The summed E-state index contributed by atoms with van der Waals surface area (Å²) in [5.41, 5.74) is 0. The van der Waals surface area contributed by atoms with Crippen LogP contribution in [0.1, 0.15) is 26.2 Å². The van der Waals surface area contributed by atoms with Gasteiger partial charge in [-0.25, -0.2) is 8.42 Å². The van der Waals surface area contributed by atoms with Crippen molar-refractivity contribution < 1.29 is 13.2 Å². The monoisotopic (exact) mass is 249 g/mol. The molecule has 1 aliphatic heterocycles. The lowest BCUT2D eigenvalue weighted by Gasteiger charge is -2.20. The zero-order valence-corrected chi connectivity index (χ0v) is 11.1. The Bertz CT molecular complexity index is 290. The zero-order chi connectivity index (χ0) is 12.0. The van der Waals surface area contributed by atoms with Crippen LogP contribution in [0.4, 0.5) is 0 Å². The fourth-order valence-corrected chi connectivity index (χ4v) is 4.10. The highest BCUT2D eigenvalue weighted by Crippen LogP contribution is 2.22. The highest BCUT2D eigenvalue weighted by atomic mass is 32.2. The highest BCUT2D eigenvalue weighted by molar-refractivity contribution is 7.91. The van der Waals surface area contributed by atoms with E-state index in [4.69, 9.17) is 4.74 Å². The van der Waals surface area contributed by atoms with E-state index < -0.39 is 9.84 Å². The molecule has 0 radical (unpaired) electrons. The van der Waals surface area contributed by atoms with Crippen LogP contribution < -0.4 is 5.32 Å². The molecular weight excluding hydrogens is 226 g/mol. The fraction of sp³-hybridized carbons (Fsp3) is 1.00. The summed E-state index contributed by atoms with van der Waals surface area (Å²) in [5, 5.41) is 3.40. The number of ether oxygens (including phenoxy) is 1. The van der Waals surface area contributed by atoms with Gasteiger partial charge in [-0.15, -0.1) is 0 Å². The third kappa shape index (κ3) is 4.80. The van der Waals surface area contributed by atoms with Gasteiger partial charge >= 0.3 is 0 Å². The second-order valence-electron chi connectivity index (χ2n) is 4.61. The number of hydrogen-bond donors (Lipinski definition) is 1.